The Morgan fingerprint density at radius 1 is 1.36 bits per heavy atom. The lowest BCUT2D eigenvalue weighted by Crippen LogP contribution is -2.41. The highest BCUT2D eigenvalue weighted by atomic mass is 35.5. The van der Waals surface area contributed by atoms with E-state index in [9.17, 15) is 9.59 Å². The molecule has 1 aromatic rings. The zero-order valence-corrected chi connectivity index (χ0v) is 15.3. The molecule has 8 heteroatoms. The van der Waals surface area contributed by atoms with Gasteiger partial charge in [-0.25, -0.2) is 0 Å². The van der Waals surface area contributed by atoms with E-state index in [0.29, 0.717) is 23.0 Å². The fourth-order valence-electron chi connectivity index (χ4n) is 2.60. The smallest absolute Gasteiger partial charge is 0.238 e. The van der Waals surface area contributed by atoms with Gasteiger partial charge in [0.15, 0.2) is 0 Å². The minimum atomic E-state index is -0.255. The van der Waals surface area contributed by atoms with Crippen LogP contribution in [0.3, 0.4) is 0 Å². The van der Waals surface area contributed by atoms with Crippen LogP contribution in [0.1, 0.15) is 12.8 Å². The first-order valence-electron chi connectivity index (χ1n) is 8.18. The zero-order chi connectivity index (χ0) is 18.2. The van der Waals surface area contributed by atoms with Crippen LogP contribution in [-0.2, 0) is 14.3 Å². The molecule has 2 N–H and O–H groups in total. The standard InChI is InChI=1S/C17H24ClN3O4/c1-21(10-16(22)19-9-13-4-3-7-25-13)11-17(23)20-14-8-12(18)5-6-15(14)24-2/h5-6,8,13H,3-4,7,9-11H2,1-2H3,(H,19,22)(H,20,23)/t13-/m0/s1. The van der Waals surface area contributed by atoms with Crippen molar-refractivity contribution in [1.82, 2.24) is 10.2 Å². The number of likely N-dealkylation sites (N-methyl/N-ethyl adjacent to an activating group) is 1. The first-order chi connectivity index (χ1) is 12.0. The third kappa shape index (κ3) is 6.53. The topological polar surface area (TPSA) is 79.9 Å². The minimum absolute atomic E-state index is 0.0724. The van der Waals surface area contributed by atoms with Crippen LogP contribution in [0.25, 0.3) is 0 Å². The van der Waals surface area contributed by atoms with Crippen molar-refractivity contribution in [3.05, 3.63) is 23.2 Å². The van der Waals surface area contributed by atoms with E-state index in [2.05, 4.69) is 10.6 Å². The molecule has 0 aliphatic carbocycles. The van der Waals surface area contributed by atoms with E-state index in [1.807, 2.05) is 0 Å². The highest BCUT2D eigenvalue weighted by molar-refractivity contribution is 6.31. The van der Waals surface area contributed by atoms with Crippen LogP contribution >= 0.6 is 11.6 Å². The van der Waals surface area contributed by atoms with Gasteiger partial charge in [-0.15, -0.1) is 0 Å². The molecule has 0 unspecified atom stereocenters. The van der Waals surface area contributed by atoms with E-state index in [1.54, 1.807) is 30.1 Å². The average Bonchev–Trinajstić information content (AvgIpc) is 3.06. The summed E-state index contributed by atoms with van der Waals surface area (Å²) in [5.41, 5.74) is 0.497. The summed E-state index contributed by atoms with van der Waals surface area (Å²) in [7, 11) is 3.23. The summed E-state index contributed by atoms with van der Waals surface area (Å²) in [6, 6.07) is 4.98. The Hall–Kier alpha value is -1.83. The maximum absolute atomic E-state index is 12.1. The number of nitrogens with zero attached hydrogens (tertiary/aromatic N) is 1. The van der Waals surface area contributed by atoms with Crippen LogP contribution in [0.4, 0.5) is 5.69 Å². The second-order valence-corrected chi connectivity index (χ2v) is 6.44. The number of anilines is 1. The molecule has 7 nitrogen and oxygen atoms in total. The number of hydrogen-bond donors (Lipinski definition) is 2. The zero-order valence-electron chi connectivity index (χ0n) is 14.5. The molecule has 138 valence electrons. The van der Waals surface area contributed by atoms with E-state index < -0.39 is 0 Å². The number of ether oxygens (including phenoxy) is 2. The van der Waals surface area contributed by atoms with Gasteiger partial charge in [0.2, 0.25) is 11.8 Å². The summed E-state index contributed by atoms with van der Waals surface area (Å²) in [6.45, 7) is 1.47. The van der Waals surface area contributed by atoms with E-state index in [1.165, 1.54) is 7.11 Å². The fourth-order valence-corrected chi connectivity index (χ4v) is 2.77. The third-order valence-electron chi connectivity index (χ3n) is 3.81. The summed E-state index contributed by atoms with van der Waals surface area (Å²) in [4.78, 5) is 25.7. The van der Waals surface area contributed by atoms with Crippen LogP contribution in [-0.4, -0.2) is 63.2 Å². The van der Waals surface area contributed by atoms with Gasteiger partial charge in [-0.3, -0.25) is 14.5 Å². The summed E-state index contributed by atoms with van der Waals surface area (Å²) in [5.74, 6) is 0.135. The highest BCUT2D eigenvalue weighted by Crippen LogP contribution is 2.27. The maximum Gasteiger partial charge on any atom is 0.238 e. The largest absolute Gasteiger partial charge is 0.495 e. The summed E-state index contributed by atoms with van der Waals surface area (Å²) >= 11 is 5.94. The Morgan fingerprint density at radius 3 is 2.80 bits per heavy atom. The Kier molecular flexibility index (Phi) is 7.49. The molecule has 1 aromatic carbocycles. The number of halogens is 1. The average molecular weight is 370 g/mol. The quantitative estimate of drug-likeness (QED) is 0.726. The lowest BCUT2D eigenvalue weighted by atomic mass is 10.2. The molecule has 1 heterocycles. The number of carbonyl (C=O) groups is 2. The van der Waals surface area contributed by atoms with Gasteiger partial charge in [0.05, 0.1) is 32.0 Å². The molecule has 1 aliphatic rings. The minimum Gasteiger partial charge on any atom is -0.495 e. The number of amides is 2. The van der Waals surface area contributed by atoms with Crippen molar-refractivity contribution in [1.29, 1.82) is 0 Å². The predicted octanol–water partition coefficient (Wildman–Crippen LogP) is 1.51. The number of methoxy groups -OCH3 is 1. The van der Waals surface area contributed by atoms with E-state index >= 15 is 0 Å². The lowest BCUT2D eigenvalue weighted by Gasteiger charge is -2.17. The fraction of sp³-hybridized carbons (Fsp3) is 0.529. The Bertz CT molecular complexity index is 606. The van der Waals surface area contributed by atoms with Gasteiger partial charge in [0, 0.05) is 18.2 Å². The molecular weight excluding hydrogens is 346 g/mol. The second-order valence-electron chi connectivity index (χ2n) is 6.00. The molecule has 0 saturated carbocycles. The van der Waals surface area contributed by atoms with Crippen LogP contribution in [0, 0.1) is 0 Å². The third-order valence-corrected chi connectivity index (χ3v) is 4.05. The van der Waals surface area contributed by atoms with Crippen molar-refractivity contribution in [3.8, 4) is 5.75 Å². The Labute approximate surface area is 152 Å². The van der Waals surface area contributed by atoms with Crippen molar-refractivity contribution in [2.24, 2.45) is 0 Å². The maximum atomic E-state index is 12.1. The van der Waals surface area contributed by atoms with Gasteiger partial charge in [-0.2, -0.15) is 0 Å². The van der Waals surface area contributed by atoms with E-state index in [0.717, 1.165) is 19.4 Å². The molecule has 0 radical (unpaired) electrons. The van der Waals surface area contributed by atoms with Crippen LogP contribution < -0.4 is 15.4 Å². The highest BCUT2D eigenvalue weighted by Gasteiger charge is 2.17. The predicted molar refractivity (Wildman–Crippen MR) is 96.1 cm³/mol. The summed E-state index contributed by atoms with van der Waals surface area (Å²) < 4.78 is 10.6. The van der Waals surface area contributed by atoms with Gasteiger partial charge in [0.25, 0.3) is 0 Å². The molecule has 1 fully saturated rings. The molecule has 0 bridgehead atoms. The lowest BCUT2D eigenvalue weighted by molar-refractivity contribution is -0.123. The Morgan fingerprint density at radius 2 is 2.12 bits per heavy atom. The SMILES string of the molecule is COc1ccc(Cl)cc1NC(=O)CN(C)CC(=O)NC[C@@H]1CCCO1. The van der Waals surface area contributed by atoms with Crippen LogP contribution in [0.15, 0.2) is 18.2 Å². The number of rotatable bonds is 8. The molecule has 2 amide bonds. The first-order valence-corrected chi connectivity index (χ1v) is 8.56. The van der Waals surface area contributed by atoms with E-state index in [-0.39, 0.29) is 31.0 Å². The van der Waals surface area contributed by atoms with Crippen molar-refractivity contribution in [3.63, 3.8) is 0 Å². The van der Waals surface area contributed by atoms with E-state index in [4.69, 9.17) is 21.1 Å². The number of nitrogens with one attached hydrogen (secondary N) is 2. The van der Waals surface area contributed by atoms with Crippen LogP contribution in [0.5, 0.6) is 5.75 Å². The summed E-state index contributed by atoms with van der Waals surface area (Å²) in [6.07, 6.45) is 2.11. The Balaban J connectivity index is 1.75. The van der Waals surface area contributed by atoms with Crippen molar-refractivity contribution >= 4 is 29.1 Å². The van der Waals surface area contributed by atoms with Gasteiger partial charge >= 0.3 is 0 Å². The molecule has 2 rings (SSSR count). The van der Waals surface area contributed by atoms with Crippen molar-refractivity contribution in [2.45, 2.75) is 18.9 Å². The molecule has 1 aliphatic heterocycles. The second kappa shape index (κ2) is 9.60. The number of carbonyl (C=O) groups excluding carboxylic acids is 2. The first kappa shape index (κ1) is 19.5. The van der Waals surface area contributed by atoms with Crippen LogP contribution in [0.2, 0.25) is 5.02 Å². The molecule has 0 aromatic heterocycles. The normalized spacial score (nSPS) is 16.7. The van der Waals surface area contributed by atoms with Gasteiger partial charge in [-0.1, -0.05) is 11.6 Å². The summed E-state index contributed by atoms with van der Waals surface area (Å²) in [5, 5.41) is 6.07. The van der Waals surface area contributed by atoms with Gasteiger partial charge < -0.3 is 20.1 Å². The van der Waals surface area contributed by atoms with Gasteiger partial charge in [-0.05, 0) is 38.1 Å². The monoisotopic (exact) mass is 369 g/mol. The molecule has 1 atom stereocenters. The molecule has 0 spiro atoms. The van der Waals surface area contributed by atoms with Crippen molar-refractivity contribution in [2.75, 3.05) is 45.7 Å². The number of hydrogen-bond acceptors (Lipinski definition) is 5. The molecular formula is C17H24ClN3O4. The van der Waals surface area contributed by atoms with Gasteiger partial charge in [0.1, 0.15) is 5.75 Å². The van der Waals surface area contributed by atoms with Crippen molar-refractivity contribution < 1.29 is 19.1 Å². The molecule has 25 heavy (non-hydrogen) atoms. The number of benzene rings is 1. The molecule has 1 saturated heterocycles.